The van der Waals surface area contributed by atoms with E-state index in [0.717, 1.165) is 6.42 Å². The zero-order valence-corrected chi connectivity index (χ0v) is 21.0. The van der Waals surface area contributed by atoms with Crippen LogP contribution in [0.1, 0.15) is 16.8 Å². The van der Waals surface area contributed by atoms with E-state index < -0.39 is 0 Å². The van der Waals surface area contributed by atoms with Crippen LogP contribution >= 0.6 is 11.6 Å². The lowest BCUT2D eigenvalue weighted by Gasteiger charge is -2.28. The van der Waals surface area contributed by atoms with Crippen LogP contribution in [0, 0.1) is 17.8 Å². The van der Waals surface area contributed by atoms with E-state index in [0.29, 0.717) is 70.9 Å². The summed E-state index contributed by atoms with van der Waals surface area (Å²) in [7, 11) is 1.55. The van der Waals surface area contributed by atoms with Crippen molar-refractivity contribution in [2.75, 3.05) is 38.7 Å². The number of rotatable bonds is 6. The van der Waals surface area contributed by atoms with Gasteiger partial charge in [-0.2, -0.15) is 0 Å². The smallest absolute Gasteiger partial charge is 0.254 e. The van der Waals surface area contributed by atoms with Crippen molar-refractivity contribution < 1.29 is 19.1 Å². The Bertz CT molecular complexity index is 1420. The molecular weight excluding hydrogens is 496 g/mol. The third-order valence-corrected chi connectivity index (χ3v) is 7.86. The number of imidazole rings is 1. The van der Waals surface area contributed by atoms with Crippen LogP contribution in [0.15, 0.2) is 36.5 Å². The zero-order valence-electron chi connectivity index (χ0n) is 20.2. The number of nitrogens with two attached hydrogens (primary N) is 1. The third-order valence-electron chi connectivity index (χ3n) is 7.57. The molecule has 4 N–H and O–H groups in total. The van der Waals surface area contributed by atoms with Crippen LogP contribution in [0.4, 0.5) is 5.69 Å². The highest BCUT2D eigenvalue weighted by Crippen LogP contribution is 2.46. The van der Waals surface area contributed by atoms with Crippen LogP contribution in [0.2, 0.25) is 5.02 Å². The highest BCUT2D eigenvalue weighted by Gasteiger charge is 2.47. The number of carbonyl (C=O) groups is 2. The Kier molecular flexibility index (Phi) is 6.00. The van der Waals surface area contributed by atoms with Crippen LogP contribution in [0.5, 0.6) is 5.75 Å². The second-order valence-corrected chi connectivity index (χ2v) is 10.0. The fourth-order valence-corrected chi connectivity index (χ4v) is 5.94. The predicted molar refractivity (Wildman–Crippen MR) is 138 cm³/mol. The number of halogens is 1. The number of hydrogen-bond donors (Lipinski definition) is 3. The van der Waals surface area contributed by atoms with Crippen LogP contribution in [-0.4, -0.2) is 71.1 Å². The number of morpholine rings is 1. The second kappa shape index (κ2) is 9.35. The molecule has 3 aromatic rings. The Labute approximate surface area is 218 Å². The maximum Gasteiger partial charge on any atom is 0.254 e. The average Bonchev–Trinajstić information content (AvgIpc) is 3.65. The SMILES string of the molecule is COc1cc(C(=O)N2CCOCC2)ccc1-c1nc2ncc(Cl)c(NC3C4C=CC(C4)C3C(N)=O)c2[nH]1. The number of aromatic amines is 1. The monoisotopic (exact) mass is 522 g/mol. The summed E-state index contributed by atoms with van der Waals surface area (Å²) < 4.78 is 11.0. The molecule has 10 nitrogen and oxygen atoms in total. The number of hydrogen-bond acceptors (Lipinski definition) is 7. The van der Waals surface area contributed by atoms with Crippen molar-refractivity contribution >= 4 is 40.3 Å². The Morgan fingerprint density at radius 1 is 1.24 bits per heavy atom. The minimum Gasteiger partial charge on any atom is -0.496 e. The first-order valence-electron chi connectivity index (χ1n) is 12.3. The number of pyridine rings is 1. The summed E-state index contributed by atoms with van der Waals surface area (Å²) in [5.74, 6) is 0.657. The molecule has 3 aliphatic rings. The predicted octanol–water partition coefficient (Wildman–Crippen LogP) is 2.85. The Balaban J connectivity index is 1.34. The van der Waals surface area contributed by atoms with Crippen molar-refractivity contribution in [1.82, 2.24) is 19.9 Å². The molecule has 1 aromatic carbocycles. The molecule has 3 heterocycles. The zero-order chi connectivity index (χ0) is 25.7. The maximum atomic E-state index is 13.0. The van der Waals surface area contributed by atoms with Crippen molar-refractivity contribution in [3.05, 3.63) is 47.1 Å². The first-order chi connectivity index (χ1) is 17.9. The van der Waals surface area contributed by atoms with E-state index in [1.807, 2.05) is 6.07 Å². The number of benzene rings is 1. The molecule has 192 valence electrons. The molecular formula is C26H27ClN6O4. The van der Waals surface area contributed by atoms with E-state index in [-0.39, 0.29) is 35.6 Å². The molecule has 4 unspecified atom stereocenters. The van der Waals surface area contributed by atoms with Gasteiger partial charge in [0.05, 0.1) is 48.7 Å². The molecule has 2 bridgehead atoms. The first kappa shape index (κ1) is 23.7. The molecule has 2 amide bonds. The van der Waals surface area contributed by atoms with E-state index in [1.165, 1.54) is 0 Å². The number of amides is 2. The molecule has 1 saturated heterocycles. The first-order valence-corrected chi connectivity index (χ1v) is 12.7. The number of primary amides is 1. The number of ether oxygens (including phenoxy) is 2. The lowest BCUT2D eigenvalue weighted by Crippen LogP contribution is -2.41. The largest absolute Gasteiger partial charge is 0.496 e. The molecule has 2 fully saturated rings. The van der Waals surface area contributed by atoms with Crippen LogP contribution in [0.25, 0.3) is 22.6 Å². The van der Waals surface area contributed by atoms with Crippen molar-refractivity contribution in [3.63, 3.8) is 0 Å². The summed E-state index contributed by atoms with van der Waals surface area (Å²) >= 11 is 6.57. The van der Waals surface area contributed by atoms with Crippen molar-refractivity contribution in [1.29, 1.82) is 0 Å². The molecule has 4 atom stereocenters. The standard InChI is InChI=1S/C26H27ClN6O4/c1-36-18-11-15(26(35)33-6-8-37-9-7-33)4-5-16(18)24-31-22-21(17(27)12-29-25(22)32-24)30-20-14-3-2-13(10-14)19(20)23(28)34/h2-5,11-14,19-20H,6-10H2,1H3,(H2,28,34)(H2,29,30,31,32). The molecule has 2 aliphatic carbocycles. The molecule has 0 spiro atoms. The van der Waals surface area contributed by atoms with Gasteiger partial charge in [0.1, 0.15) is 17.1 Å². The van der Waals surface area contributed by atoms with Gasteiger partial charge < -0.3 is 30.4 Å². The molecule has 6 rings (SSSR count). The van der Waals surface area contributed by atoms with Gasteiger partial charge in [-0.05, 0) is 36.5 Å². The highest BCUT2D eigenvalue weighted by atomic mass is 35.5. The molecule has 0 radical (unpaired) electrons. The van der Waals surface area contributed by atoms with Gasteiger partial charge in [0.15, 0.2) is 5.65 Å². The van der Waals surface area contributed by atoms with Crippen LogP contribution < -0.4 is 15.8 Å². The van der Waals surface area contributed by atoms with Gasteiger partial charge in [-0.25, -0.2) is 9.97 Å². The molecule has 2 aromatic heterocycles. The topological polar surface area (TPSA) is 135 Å². The summed E-state index contributed by atoms with van der Waals surface area (Å²) in [6, 6.07) is 5.13. The lowest BCUT2D eigenvalue weighted by atomic mass is 9.88. The van der Waals surface area contributed by atoms with Crippen LogP contribution in [-0.2, 0) is 9.53 Å². The summed E-state index contributed by atoms with van der Waals surface area (Å²) in [5, 5.41) is 3.89. The van der Waals surface area contributed by atoms with Gasteiger partial charge in [-0.1, -0.05) is 23.8 Å². The number of nitrogens with zero attached hydrogens (tertiary/aromatic N) is 3. The number of allylic oxidation sites excluding steroid dienone is 1. The maximum absolute atomic E-state index is 13.0. The number of anilines is 1. The third kappa shape index (κ3) is 4.10. The van der Waals surface area contributed by atoms with Gasteiger partial charge in [0.25, 0.3) is 5.91 Å². The number of fused-ring (bicyclic) bond motifs is 3. The van der Waals surface area contributed by atoms with E-state index in [1.54, 1.807) is 30.3 Å². The van der Waals surface area contributed by atoms with Crippen LogP contribution in [0.3, 0.4) is 0 Å². The van der Waals surface area contributed by atoms with Gasteiger partial charge in [0, 0.05) is 24.7 Å². The quantitative estimate of drug-likeness (QED) is 0.423. The minimum atomic E-state index is -0.322. The number of carbonyl (C=O) groups excluding carboxylic acids is 2. The highest BCUT2D eigenvalue weighted by molar-refractivity contribution is 6.34. The molecule has 37 heavy (non-hydrogen) atoms. The molecule has 1 aliphatic heterocycles. The Morgan fingerprint density at radius 3 is 2.78 bits per heavy atom. The van der Waals surface area contributed by atoms with E-state index in [2.05, 4.69) is 32.4 Å². The lowest BCUT2D eigenvalue weighted by molar-refractivity contribution is -0.122. The summed E-state index contributed by atoms with van der Waals surface area (Å²) in [5.41, 5.74) is 8.67. The molecule has 1 saturated carbocycles. The summed E-state index contributed by atoms with van der Waals surface area (Å²) in [4.78, 5) is 39.3. The average molecular weight is 523 g/mol. The fourth-order valence-electron chi connectivity index (χ4n) is 5.74. The van der Waals surface area contributed by atoms with Gasteiger partial charge in [-0.15, -0.1) is 0 Å². The second-order valence-electron chi connectivity index (χ2n) is 9.63. The van der Waals surface area contributed by atoms with Crippen molar-refractivity contribution in [3.8, 4) is 17.1 Å². The fraction of sp³-hybridized carbons (Fsp3) is 0.385. The number of methoxy groups -OCH3 is 1. The minimum absolute atomic E-state index is 0.0680. The van der Waals surface area contributed by atoms with Gasteiger partial charge in [-0.3, -0.25) is 9.59 Å². The van der Waals surface area contributed by atoms with E-state index in [9.17, 15) is 9.59 Å². The number of aromatic nitrogens is 3. The Hall–Kier alpha value is -3.63. The summed E-state index contributed by atoms with van der Waals surface area (Å²) in [6.45, 7) is 2.18. The van der Waals surface area contributed by atoms with E-state index >= 15 is 0 Å². The van der Waals surface area contributed by atoms with E-state index in [4.69, 9.17) is 26.8 Å². The Morgan fingerprint density at radius 2 is 2.03 bits per heavy atom. The number of nitrogens with one attached hydrogen (secondary N) is 2. The number of H-pyrrole nitrogens is 1. The van der Waals surface area contributed by atoms with Gasteiger partial charge >= 0.3 is 0 Å². The van der Waals surface area contributed by atoms with Gasteiger partial charge in [0.2, 0.25) is 5.91 Å². The molecule has 11 heteroatoms. The van der Waals surface area contributed by atoms with Crippen molar-refractivity contribution in [2.45, 2.75) is 12.5 Å². The van der Waals surface area contributed by atoms with Crippen molar-refractivity contribution in [2.24, 2.45) is 23.5 Å². The normalized spacial score (nSPS) is 24.5. The summed E-state index contributed by atoms with van der Waals surface area (Å²) in [6.07, 6.45) is 6.64.